The van der Waals surface area contributed by atoms with Crippen molar-refractivity contribution in [3.63, 3.8) is 0 Å². The molecule has 0 aliphatic carbocycles. The highest BCUT2D eigenvalue weighted by molar-refractivity contribution is 6.16. The third kappa shape index (κ3) is 2.50. The number of carbonyl (C=O) groups is 1. The van der Waals surface area contributed by atoms with Crippen molar-refractivity contribution in [2.45, 2.75) is 6.42 Å². The summed E-state index contributed by atoms with van der Waals surface area (Å²) in [5, 5.41) is 11.0. The fraction of sp³-hybridized carbons (Fsp3) is 0.125. The predicted molar refractivity (Wildman–Crippen MR) is 78.7 cm³/mol. The molecule has 0 amide bonds. The van der Waals surface area contributed by atoms with Gasteiger partial charge in [-0.05, 0) is 17.7 Å². The number of non-ortho nitro benzene ring substituents is 1. The number of nitro benzene ring substituents is 1. The molecule has 0 aromatic heterocycles. The Morgan fingerprint density at radius 3 is 2.64 bits per heavy atom. The topological polar surface area (TPSA) is 72.6 Å². The first-order valence-electron chi connectivity index (χ1n) is 6.65. The monoisotopic (exact) mass is 304 g/mol. The lowest BCUT2D eigenvalue weighted by Crippen LogP contribution is -2.08. The predicted octanol–water partition coefficient (Wildman–Crippen LogP) is 2.70. The lowest BCUT2D eigenvalue weighted by Gasteiger charge is -2.10. The third-order valence-electron chi connectivity index (χ3n) is 3.49. The lowest BCUT2D eigenvalue weighted by atomic mass is 10.1. The molecule has 3 rings (SSSR count). The Kier molecular flexibility index (Phi) is 3.50. The van der Waals surface area contributed by atoms with Crippen LogP contribution < -0.4 is 0 Å². The lowest BCUT2D eigenvalue weighted by molar-refractivity contribution is -0.384. The molecule has 2 aromatic rings. The zero-order valence-corrected chi connectivity index (χ0v) is 11.5. The van der Waals surface area contributed by atoms with E-state index in [-0.39, 0.29) is 35.7 Å². The summed E-state index contributed by atoms with van der Waals surface area (Å²) in [6, 6.07) is 10.3. The molecule has 0 bridgehead atoms. The molecule has 0 unspecified atom stereocenters. The average molecular weight is 304 g/mol. The number of benzene rings is 2. The van der Waals surface area contributed by atoms with Gasteiger partial charge in [-0.1, -0.05) is 18.2 Å². The molecule has 5 nitrogen and oxygen atoms in total. The highest BCUT2D eigenvalue weighted by Crippen LogP contribution is 2.25. The van der Waals surface area contributed by atoms with Gasteiger partial charge < -0.3 is 0 Å². The molecule has 0 atom stereocenters. The highest BCUT2D eigenvalue weighted by atomic mass is 19.1. The van der Waals surface area contributed by atoms with E-state index < -0.39 is 10.7 Å². The average Bonchev–Trinajstić information content (AvgIpc) is 2.65. The number of carbonyl (C=O) groups excluding carboxylic acids is 1. The molecular formula is C16H11FN2O3. The molecule has 1 aliphatic heterocycles. The molecule has 2 aromatic carbocycles. The molecule has 0 radical (unpaired) electrons. The first-order valence-corrected chi connectivity index (χ1v) is 6.65. The number of nitro groups is 1. The maximum Gasteiger partial charge on any atom is 0.270 e. The highest BCUT2D eigenvalue weighted by Gasteiger charge is 2.22. The van der Waals surface area contributed by atoms with Crippen molar-refractivity contribution in [1.29, 1.82) is 0 Å². The first-order chi connectivity index (χ1) is 10.6. The van der Waals surface area contributed by atoms with Crippen LogP contribution in [0.4, 0.5) is 10.1 Å². The normalized spacial score (nSPS) is 14.0. The largest absolute Gasteiger partial charge is 0.297 e. The van der Waals surface area contributed by atoms with Crippen molar-refractivity contribution in [1.82, 2.24) is 0 Å². The Morgan fingerprint density at radius 2 is 1.91 bits per heavy atom. The minimum Gasteiger partial charge on any atom is -0.297 e. The van der Waals surface area contributed by atoms with Crippen LogP contribution in [0.2, 0.25) is 0 Å². The van der Waals surface area contributed by atoms with E-state index in [9.17, 15) is 19.3 Å². The van der Waals surface area contributed by atoms with Crippen LogP contribution >= 0.6 is 0 Å². The van der Waals surface area contributed by atoms with E-state index in [4.69, 9.17) is 0 Å². The number of rotatable bonds is 2. The number of hydrogen-bond donors (Lipinski definition) is 0. The molecule has 22 heavy (non-hydrogen) atoms. The van der Waals surface area contributed by atoms with E-state index in [0.717, 1.165) is 0 Å². The second-order valence-corrected chi connectivity index (χ2v) is 4.96. The number of ketones is 1. The van der Waals surface area contributed by atoms with Crippen LogP contribution in [0.5, 0.6) is 0 Å². The van der Waals surface area contributed by atoms with E-state index in [1.807, 2.05) is 0 Å². The SMILES string of the molecule is O=C1CN=C(c2ccccc2F)[13c]2[13cH][13c]([N+](=O)[O-])[13cH][13cH][13c]2C1. The molecule has 0 spiro atoms. The third-order valence-corrected chi connectivity index (χ3v) is 3.49. The van der Waals surface area contributed by atoms with Crippen LogP contribution in [0.15, 0.2) is 47.5 Å². The van der Waals surface area contributed by atoms with Gasteiger partial charge in [-0.3, -0.25) is 19.9 Å². The van der Waals surface area contributed by atoms with Crippen LogP contribution in [0.3, 0.4) is 0 Å². The van der Waals surface area contributed by atoms with Crippen LogP contribution in [0.25, 0.3) is 0 Å². The van der Waals surface area contributed by atoms with Crippen molar-refractivity contribution in [2.75, 3.05) is 6.54 Å². The first kappa shape index (κ1) is 14.1. The number of hydrogen-bond acceptors (Lipinski definition) is 4. The van der Waals surface area contributed by atoms with Gasteiger partial charge in [0, 0.05) is 29.7 Å². The van der Waals surface area contributed by atoms with Gasteiger partial charge in [-0.15, -0.1) is 0 Å². The minimum atomic E-state index is -0.522. The number of aliphatic imine (C=N–C) groups is 1. The molecule has 110 valence electrons. The summed E-state index contributed by atoms with van der Waals surface area (Å²) in [6.45, 7) is -0.0633. The molecule has 1 heterocycles. The van der Waals surface area contributed by atoms with Gasteiger partial charge >= 0.3 is 0 Å². The molecule has 0 N–H and O–H groups in total. The minimum absolute atomic E-state index is 0.0633. The van der Waals surface area contributed by atoms with E-state index in [1.165, 1.54) is 24.3 Å². The van der Waals surface area contributed by atoms with Crippen LogP contribution in [-0.2, 0) is 11.2 Å². The summed E-state index contributed by atoms with van der Waals surface area (Å²) in [4.78, 5) is 26.4. The number of fused-ring (bicyclic) bond motifs is 1. The van der Waals surface area contributed by atoms with Crippen LogP contribution in [0.1, 0.15) is 16.7 Å². The number of halogens is 1. The Morgan fingerprint density at radius 1 is 1.14 bits per heavy atom. The van der Waals surface area contributed by atoms with Crippen molar-refractivity contribution in [3.8, 4) is 0 Å². The molecule has 0 saturated carbocycles. The van der Waals surface area contributed by atoms with Crippen molar-refractivity contribution in [2.24, 2.45) is 4.99 Å². The standard InChI is InChI=1S/C16H11FN2O3/c17-15-4-2-1-3-13(15)16-14-8-11(19(21)22)6-5-10(14)7-12(20)9-18-16/h1-6,8H,7,9H2/i5+1,6+1,8+1,10+1,11+1,14+1. The Labute approximate surface area is 125 Å². The van der Waals surface area contributed by atoms with E-state index >= 15 is 0 Å². The Bertz CT molecular complexity index is 815. The number of nitrogens with zero attached hydrogens (tertiary/aromatic N) is 2. The Hall–Kier alpha value is -2.89. The van der Waals surface area contributed by atoms with E-state index in [1.54, 1.807) is 18.2 Å². The molecule has 6 heteroatoms. The second-order valence-electron chi connectivity index (χ2n) is 4.96. The molecule has 1 aliphatic rings. The van der Waals surface area contributed by atoms with Gasteiger partial charge in [-0.2, -0.15) is 0 Å². The van der Waals surface area contributed by atoms with Crippen molar-refractivity contribution in [3.05, 3.63) is 75.1 Å². The summed E-state index contributed by atoms with van der Waals surface area (Å²) >= 11 is 0. The maximum atomic E-state index is 14.1. The zero-order valence-electron chi connectivity index (χ0n) is 11.5. The fourth-order valence-corrected chi connectivity index (χ4v) is 2.46. The summed E-state index contributed by atoms with van der Waals surface area (Å²) in [6.07, 6.45) is 0.134. The van der Waals surface area contributed by atoms with Crippen molar-refractivity contribution >= 4 is 17.2 Å². The van der Waals surface area contributed by atoms with E-state index in [2.05, 4.69) is 4.99 Å². The van der Waals surface area contributed by atoms with Gasteiger partial charge in [0.05, 0.1) is 17.2 Å². The van der Waals surface area contributed by atoms with Crippen molar-refractivity contribution < 1.29 is 14.1 Å². The van der Waals surface area contributed by atoms with Crippen LogP contribution in [-0.4, -0.2) is 23.0 Å². The van der Waals surface area contributed by atoms with Gasteiger partial charge in [0.1, 0.15) is 5.82 Å². The molecular weight excluding hydrogens is 293 g/mol. The quantitative estimate of drug-likeness (QED) is 0.632. The fourth-order valence-electron chi connectivity index (χ4n) is 2.46. The van der Waals surface area contributed by atoms with Gasteiger partial charge in [0.15, 0.2) is 5.78 Å². The summed E-state index contributed by atoms with van der Waals surface area (Å²) < 4.78 is 14.1. The molecule has 0 fully saturated rings. The van der Waals surface area contributed by atoms with Crippen LogP contribution in [0, 0.1) is 15.9 Å². The van der Waals surface area contributed by atoms with E-state index in [0.29, 0.717) is 11.1 Å². The van der Waals surface area contributed by atoms with Gasteiger partial charge in [0.25, 0.3) is 5.69 Å². The summed E-state index contributed by atoms with van der Waals surface area (Å²) in [5.41, 5.74) is 1.46. The summed E-state index contributed by atoms with van der Waals surface area (Å²) in [7, 11) is 0. The Balaban J connectivity index is 2.23. The second kappa shape index (κ2) is 5.48. The van der Waals surface area contributed by atoms with Gasteiger partial charge in [-0.25, -0.2) is 4.39 Å². The maximum absolute atomic E-state index is 14.1. The zero-order chi connectivity index (χ0) is 15.7. The van der Waals surface area contributed by atoms with Gasteiger partial charge in [0.2, 0.25) is 0 Å². The summed E-state index contributed by atoms with van der Waals surface area (Å²) in [5.74, 6) is -0.588. The number of Topliss-reactive ketones (excluding diaryl/α,β-unsaturated/α-hetero) is 1. The smallest absolute Gasteiger partial charge is 0.270 e. The molecule has 0 saturated heterocycles.